The third-order valence-electron chi connectivity index (χ3n) is 5.59. The van der Waals surface area contributed by atoms with E-state index in [-0.39, 0.29) is 23.8 Å². The van der Waals surface area contributed by atoms with Gasteiger partial charge in [0.25, 0.3) is 5.91 Å². The molecule has 3 N–H and O–H groups in total. The number of anilines is 1. The van der Waals surface area contributed by atoms with Crippen LogP contribution in [0.4, 0.5) is 5.95 Å². The maximum atomic E-state index is 13.2. The van der Waals surface area contributed by atoms with Gasteiger partial charge in [0.05, 0.1) is 20.3 Å². The van der Waals surface area contributed by atoms with Gasteiger partial charge in [-0.1, -0.05) is 18.2 Å². The fourth-order valence-electron chi connectivity index (χ4n) is 3.76. The van der Waals surface area contributed by atoms with Crippen LogP contribution in [0.25, 0.3) is 16.8 Å². The van der Waals surface area contributed by atoms with Crippen molar-refractivity contribution in [3.63, 3.8) is 0 Å². The fourth-order valence-corrected chi connectivity index (χ4v) is 3.76. The van der Waals surface area contributed by atoms with Gasteiger partial charge in [0.15, 0.2) is 5.65 Å². The number of carbonyl (C=O) groups excluding carboxylic acids is 1. The minimum absolute atomic E-state index is 0.0405. The number of fused-ring (bicyclic) bond motifs is 1. The highest BCUT2D eigenvalue weighted by molar-refractivity contribution is 5.97. The fraction of sp³-hybridized carbons (Fsp3) is 0.250. The second-order valence-corrected chi connectivity index (χ2v) is 7.93. The molecule has 10 nitrogen and oxygen atoms in total. The molecule has 0 saturated carbocycles. The van der Waals surface area contributed by atoms with Crippen LogP contribution in [0.2, 0.25) is 0 Å². The zero-order chi connectivity index (χ0) is 23.7. The number of nitrogen functional groups attached to an aromatic ring is 1. The summed E-state index contributed by atoms with van der Waals surface area (Å²) < 4.78 is 18.1. The summed E-state index contributed by atoms with van der Waals surface area (Å²) in [6.45, 7) is 3.30. The Morgan fingerprint density at radius 2 is 2.06 bits per heavy atom. The smallest absolute Gasteiger partial charge is 0.257 e. The third-order valence-corrected chi connectivity index (χ3v) is 5.59. The molecule has 1 saturated heterocycles. The molecule has 10 heteroatoms. The highest BCUT2D eigenvalue weighted by atomic mass is 16.6. The molecule has 0 bridgehead atoms. The number of aryl methyl sites for hydroxylation is 1. The minimum Gasteiger partial charge on any atom is -0.485 e. The van der Waals surface area contributed by atoms with Crippen molar-refractivity contribution in [2.75, 3.05) is 26.1 Å². The molecule has 0 spiro atoms. The van der Waals surface area contributed by atoms with Crippen molar-refractivity contribution in [3.8, 4) is 22.8 Å². The monoisotopic (exact) mass is 460 g/mol. The number of nitrogens with one attached hydrogen (secondary N) is 1. The van der Waals surface area contributed by atoms with Crippen LogP contribution in [-0.4, -0.2) is 51.9 Å². The number of aromatic nitrogens is 4. The Bertz CT molecular complexity index is 1370. The van der Waals surface area contributed by atoms with Gasteiger partial charge < -0.3 is 25.3 Å². The molecule has 4 heterocycles. The summed E-state index contributed by atoms with van der Waals surface area (Å²) in [5.41, 5.74) is 9.83. The Morgan fingerprint density at radius 3 is 2.82 bits per heavy atom. The summed E-state index contributed by atoms with van der Waals surface area (Å²) in [7, 11) is 1.49. The summed E-state index contributed by atoms with van der Waals surface area (Å²) >= 11 is 0. The van der Waals surface area contributed by atoms with Gasteiger partial charge in [-0.15, -0.1) is 5.10 Å². The van der Waals surface area contributed by atoms with E-state index in [1.807, 2.05) is 43.3 Å². The van der Waals surface area contributed by atoms with E-state index in [0.29, 0.717) is 36.7 Å². The molecule has 174 valence electrons. The van der Waals surface area contributed by atoms with Gasteiger partial charge in [-0.25, -0.2) is 9.50 Å². The molecule has 1 aromatic carbocycles. The van der Waals surface area contributed by atoms with Crippen molar-refractivity contribution in [2.24, 2.45) is 0 Å². The number of hydrogen-bond acceptors (Lipinski definition) is 8. The molecule has 1 aliphatic rings. The molecule has 3 aromatic heterocycles. The Labute approximate surface area is 195 Å². The second-order valence-electron chi connectivity index (χ2n) is 7.93. The average molecular weight is 460 g/mol. The van der Waals surface area contributed by atoms with E-state index in [2.05, 4.69) is 20.4 Å². The number of carbonyl (C=O) groups is 1. The van der Waals surface area contributed by atoms with Crippen LogP contribution in [0, 0.1) is 6.92 Å². The van der Waals surface area contributed by atoms with Gasteiger partial charge in [-0.2, -0.15) is 4.98 Å². The van der Waals surface area contributed by atoms with Crippen LogP contribution in [0.1, 0.15) is 21.6 Å². The number of pyridine rings is 2. The molecule has 5 rings (SSSR count). The predicted octanol–water partition coefficient (Wildman–Crippen LogP) is 2.40. The molecule has 1 aliphatic heterocycles. The van der Waals surface area contributed by atoms with E-state index in [1.165, 1.54) is 7.11 Å². The second kappa shape index (κ2) is 8.99. The SMILES string of the molecule is COc1nc(C)c(-c2ccn3nc(N)nc3c2)cc1C(=O)NCc1ccccc1OC1COC1. The van der Waals surface area contributed by atoms with Gasteiger partial charge in [0.2, 0.25) is 11.8 Å². The number of methoxy groups -OCH3 is 1. The molecule has 0 aliphatic carbocycles. The number of para-hydroxylation sites is 1. The van der Waals surface area contributed by atoms with Crippen molar-refractivity contribution in [1.82, 2.24) is 24.9 Å². The lowest BCUT2D eigenvalue weighted by molar-refractivity contribution is -0.0800. The van der Waals surface area contributed by atoms with E-state index < -0.39 is 0 Å². The molecule has 0 unspecified atom stereocenters. The average Bonchev–Trinajstić information content (AvgIpc) is 3.19. The quantitative estimate of drug-likeness (QED) is 0.431. The number of nitrogens with two attached hydrogens (primary N) is 1. The first kappa shape index (κ1) is 21.7. The van der Waals surface area contributed by atoms with Gasteiger partial charge >= 0.3 is 0 Å². The van der Waals surface area contributed by atoms with Crippen LogP contribution in [0.15, 0.2) is 48.7 Å². The van der Waals surface area contributed by atoms with Gasteiger partial charge in [-0.05, 0) is 36.8 Å². The molecule has 1 amide bonds. The Balaban J connectivity index is 1.41. The van der Waals surface area contributed by atoms with Gasteiger partial charge in [0, 0.05) is 29.6 Å². The van der Waals surface area contributed by atoms with E-state index in [1.54, 1.807) is 16.8 Å². The van der Waals surface area contributed by atoms with Crippen molar-refractivity contribution in [3.05, 3.63) is 65.5 Å². The lowest BCUT2D eigenvalue weighted by atomic mass is 10.0. The zero-order valence-corrected chi connectivity index (χ0v) is 18.8. The maximum absolute atomic E-state index is 13.2. The molecule has 0 atom stereocenters. The standard InChI is InChI=1S/C24H24N6O4/c1-14-18(15-7-8-30-21(9-15)28-24(25)29-30)10-19(23(27-14)32-2)22(31)26-11-16-5-3-4-6-20(16)34-17-12-33-13-17/h3-10,17H,11-13H2,1-2H3,(H2,25,29)(H,26,31). The number of hydrogen-bond donors (Lipinski definition) is 2. The number of ether oxygens (including phenoxy) is 3. The summed E-state index contributed by atoms with van der Waals surface area (Å²) in [6, 6.07) is 13.1. The lowest BCUT2D eigenvalue weighted by Crippen LogP contribution is -2.38. The number of benzene rings is 1. The van der Waals surface area contributed by atoms with E-state index in [4.69, 9.17) is 19.9 Å². The highest BCUT2D eigenvalue weighted by Crippen LogP contribution is 2.29. The van der Waals surface area contributed by atoms with Crippen molar-refractivity contribution in [2.45, 2.75) is 19.6 Å². The minimum atomic E-state index is -0.305. The number of amides is 1. The van der Waals surface area contributed by atoms with Gasteiger partial charge in [0.1, 0.15) is 17.4 Å². The topological polar surface area (TPSA) is 126 Å². The predicted molar refractivity (Wildman–Crippen MR) is 125 cm³/mol. The first-order valence-electron chi connectivity index (χ1n) is 10.8. The van der Waals surface area contributed by atoms with Crippen molar-refractivity contribution in [1.29, 1.82) is 0 Å². The number of nitrogens with zero attached hydrogens (tertiary/aromatic N) is 4. The summed E-state index contributed by atoms with van der Waals surface area (Å²) in [4.78, 5) is 21.9. The van der Waals surface area contributed by atoms with E-state index in [9.17, 15) is 4.79 Å². The molecular weight excluding hydrogens is 436 g/mol. The van der Waals surface area contributed by atoms with Crippen LogP contribution < -0.4 is 20.5 Å². The van der Waals surface area contributed by atoms with E-state index >= 15 is 0 Å². The summed E-state index contributed by atoms with van der Waals surface area (Å²) in [5.74, 6) is 0.866. The summed E-state index contributed by atoms with van der Waals surface area (Å²) in [6.07, 6.45) is 1.81. The molecular formula is C24H24N6O4. The zero-order valence-electron chi connectivity index (χ0n) is 18.8. The molecule has 0 radical (unpaired) electrons. The maximum Gasteiger partial charge on any atom is 0.257 e. The van der Waals surface area contributed by atoms with Crippen LogP contribution in [0.3, 0.4) is 0 Å². The normalized spacial score (nSPS) is 13.5. The first-order valence-corrected chi connectivity index (χ1v) is 10.8. The Hall–Kier alpha value is -4.18. The summed E-state index contributed by atoms with van der Waals surface area (Å²) in [5, 5.41) is 7.05. The lowest BCUT2D eigenvalue weighted by Gasteiger charge is -2.27. The van der Waals surface area contributed by atoms with Crippen LogP contribution >= 0.6 is 0 Å². The van der Waals surface area contributed by atoms with Crippen LogP contribution in [-0.2, 0) is 11.3 Å². The molecule has 4 aromatic rings. The van der Waals surface area contributed by atoms with Crippen LogP contribution in [0.5, 0.6) is 11.6 Å². The number of rotatable bonds is 7. The largest absolute Gasteiger partial charge is 0.485 e. The van der Waals surface area contributed by atoms with Gasteiger partial charge in [-0.3, -0.25) is 4.79 Å². The van der Waals surface area contributed by atoms with E-state index in [0.717, 1.165) is 22.4 Å². The molecule has 34 heavy (non-hydrogen) atoms. The van der Waals surface area contributed by atoms with Crippen molar-refractivity contribution < 1.29 is 19.0 Å². The third kappa shape index (κ3) is 4.23. The highest BCUT2D eigenvalue weighted by Gasteiger charge is 2.22. The Morgan fingerprint density at radius 1 is 1.24 bits per heavy atom. The first-order chi connectivity index (χ1) is 16.5. The Kier molecular flexibility index (Phi) is 5.72. The molecule has 1 fully saturated rings. The van der Waals surface area contributed by atoms with Crippen molar-refractivity contribution >= 4 is 17.5 Å².